The molecule has 0 amide bonds. The van der Waals surface area contributed by atoms with E-state index in [1.807, 2.05) is 49.4 Å². The van der Waals surface area contributed by atoms with Crippen LogP contribution in [0, 0.1) is 12.7 Å². The number of aromatic amines is 1. The van der Waals surface area contributed by atoms with Gasteiger partial charge < -0.3 is 0 Å². The summed E-state index contributed by atoms with van der Waals surface area (Å²) in [5, 5.41) is 3.77. The van der Waals surface area contributed by atoms with Gasteiger partial charge in [0.05, 0.1) is 11.4 Å². The van der Waals surface area contributed by atoms with Crippen LogP contribution in [-0.4, -0.2) is 19.7 Å². The van der Waals surface area contributed by atoms with Crippen LogP contribution in [0.4, 0.5) is 4.39 Å². The van der Waals surface area contributed by atoms with Crippen LogP contribution in [-0.2, 0) is 12.8 Å². The van der Waals surface area contributed by atoms with Gasteiger partial charge in [0, 0.05) is 17.5 Å². The molecule has 7 nitrogen and oxygen atoms in total. The van der Waals surface area contributed by atoms with E-state index in [1.54, 1.807) is 28.8 Å². The molecule has 2 heterocycles. The molecule has 3 aromatic carbocycles. The number of nitrogens with zero attached hydrogens (tertiary/aromatic N) is 3. The molecule has 0 atom stereocenters. The van der Waals surface area contributed by atoms with Crippen molar-refractivity contribution >= 4 is 0 Å². The minimum absolute atomic E-state index is 0.127. The van der Waals surface area contributed by atoms with Crippen LogP contribution in [0.25, 0.3) is 28.2 Å². The van der Waals surface area contributed by atoms with Crippen LogP contribution in [0.2, 0.25) is 0 Å². The molecule has 5 aromatic rings. The van der Waals surface area contributed by atoms with Crippen molar-refractivity contribution in [2.45, 2.75) is 39.5 Å². The zero-order valence-electron chi connectivity index (χ0n) is 21.2. The topological polar surface area (TPSA) is 93.8 Å². The minimum atomic E-state index is -0.664. The summed E-state index contributed by atoms with van der Waals surface area (Å²) < 4.78 is 21.8. The highest BCUT2D eigenvalue weighted by atomic mass is 19.1. The second-order valence-corrected chi connectivity index (χ2v) is 9.14. The molecule has 0 aliphatic carbocycles. The third kappa shape index (κ3) is 4.98. The number of nitrogens with one attached hydrogen (secondary N) is 1. The molecule has 0 aliphatic rings. The quantitative estimate of drug-likeness (QED) is 0.292. The Morgan fingerprint density at radius 2 is 1.71 bits per heavy atom. The van der Waals surface area contributed by atoms with Gasteiger partial charge in [0.25, 0.3) is 5.56 Å². The summed E-state index contributed by atoms with van der Waals surface area (Å²) in [4.78, 5) is 32.5. The van der Waals surface area contributed by atoms with E-state index in [-0.39, 0.29) is 17.8 Å². The Morgan fingerprint density at radius 3 is 2.39 bits per heavy atom. The first kappa shape index (κ1) is 25.1. The average Bonchev–Trinajstić information content (AvgIpc) is 3.36. The molecule has 0 saturated carbocycles. The maximum absolute atomic E-state index is 15.6. The van der Waals surface area contributed by atoms with Crippen LogP contribution in [0.5, 0.6) is 0 Å². The summed E-state index contributed by atoms with van der Waals surface area (Å²) in [6, 6.07) is 21.5. The van der Waals surface area contributed by atoms with E-state index in [1.165, 1.54) is 6.07 Å². The molecule has 0 spiro atoms. The largest absolute Gasteiger partial charge is 0.439 e. The molecule has 0 bridgehead atoms. The van der Waals surface area contributed by atoms with Gasteiger partial charge in [0.1, 0.15) is 11.6 Å². The van der Waals surface area contributed by atoms with E-state index in [9.17, 15) is 9.59 Å². The van der Waals surface area contributed by atoms with E-state index in [0.717, 1.165) is 18.5 Å². The summed E-state index contributed by atoms with van der Waals surface area (Å²) in [6.07, 6.45) is 2.63. The molecule has 0 unspecified atom stereocenters. The van der Waals surface area contributed by atoms with Gasteiger partial charge in [-0.15, -0.1) is 0 Å². The molecule has 0 fully saturated rings. The van der Waals surface area contributed by atoms with E-state index in [0.29, 0.717) is 45.8 Å². The zero-order chi connectivity index (χ0) is 26.6. The van der Waals surface area contributed by atoms with Crippen LogP contribution < -0.4 is 11.3 Å². The van der Waals surface area contributed by atoms with Crippen LogP contribution in [0.15, 0.2) is 86.9 Å². The van der Waals surface area contributed by atoms with Gasteiger partial charge in [-0.3, -0.25) is 18.9 Å². The predicted octanol–water partition coefficient (Wildman–Crippen LogP) is 5.62. The van der Waals surface area contributed by atoms with Gasteiger partial charge in [-0.1, -0.05) is 73.1 Å². The average molecular weight is 511 g/mol. The maximum atomic E-state index is 15.6. The summed E-state index contributed by atoms with van der Waals surface area (Å²) >= 11 is 0. The summed E-state index contributed by atoms with van der Waals surface area (Å²) in [6.45, 7) is 3.91. The Morgan fingerprint density at radius 1 is 0.974 bits per heavy atom. The Hall–Kier alpha value is -4.59. The van der Waals surface area contributed by atoms with Gasteiger partial charge in [-0.2, -0.15) is 0 Å². The lowest BCUT2D eigenvalue weighted by Crippen LogP contribution is -2.28. The van der Waals surface area contributed by atoms with E-state index < -0.39 is 11.6 Å². The molecule has 0 aliphatic heterocycles. The monoisotopic (exact) mass is 510 g/mol. The van der Waals surface area contributed by atoms with E-state index in [2.05, 4.69) is 21.6 Å². The number of hydrogen-bond donors (Lipinski definition) is 1. The Bertz CT molecular complexity index is 1700. The molecule has 2 aromatic heterocycles. The highest BCUT2D eigenvalue weighted by Gasteiger charge is 2.19. The fourth-order valence-electron chi connectivity index (χ4n) is 4.66. The Kier molecular flexibility index (Phi) is 7.13. The van der Waals surface area contributed by atoms with Crippen molar-refractivity contribution in [2.24, 2.45) is 0 Å². The number of H-pyrrole nitrogens is 1. The second kappa shape index (κ2) is 10.8. The molecule has 0 saturated heterocycles. The fraction of sp³-hybridized carbons (Fsp3) is 0.200. The van der Waals surface area contributed by atoms with Crippen LogP contribution >= 0.6 is 0 Å². The first-order valence-electron chi connectivity index (χ1n) is 12.6. The maximum Gasteiger partial charge on any atom is 0.439 e. The molecule has 0 radical (unpaired) electrons. The molecule has 192 valence electrons. The highest BCUT2D eigenvalue weighted by molar-refractivity contribution is 5.80. The zero-order valence-corrected chi connectivity index (χ0v) is 21.2. The van der Waals surface area contributed by atoms with Gasteiger partial charge in [-0.05, 0) is 54.7 Å². The van der Waals surface area contributed by atoms with Crippen molar-refractivity contribution in [2.75, 3.05) is 0 Å². The number of para-hydroxylation sites is 1. The van der Waals surface area contributed by atoms with E-state index in [4.69, 9.17) is 4.98 Å². The molecular weight excluding hydrogens is 483 g/mol. The van der Waals surface area contributed by atoms with Crippen LogP contribution in [0.1, 0.15) is 42.4 Å². The normalized spacial score (nSPS) is 11.1. The molecule has 5 rings (SSSR count). The van der Waals surface area contributed by atoms with Gasteiger partial charge >= 0.3 is 5.76 Å². The Labute approximate surface area is 218 Å². The number of hydrogen-bond acceptors (Lipinski definition) is 5. The van der Waals surface area contributed by atoms with Crippen molar-refractivity contribution in [1.29, 1.82) is 0 Å². The lowest BCUT2D eigenvalue weighted by molar-refractivity contribution is 0.388. The smallest absolute Gasteiger partial charge is 0.296 e. The van der Waals surface area contributed by atoms with Crippen molar-refractivity contribution in [3.63, 3.8) is 0 Å². The summed E-state index contributed by atoms with van der Waals surface area (Å²) in [5.74, 6) is -0.223. The third-order valence-electron chi connectivity index (χ3n) is 6.57. The van der Waals surface area contributed by atoms with Crippen molar-refractivity contribution in [3.8, 4) is 28.2 Å². The third-order valence-corrected chi connectivity index (χ3v) is 6.57. The fourth-order valence-corrected chi connectivity index (χ4v) is 4.66. The van der Waals surface area contributed by atoms with Crippen molar-refractivity contribution < 1.29 is 8.91 Å². The lowest BCUT2D eigenvalue weighted by atomic mass is 9.95. The van der Waals surface area contributed by atoms with Gasteiger partial charge in [-0.25, -0.2) is 14.2 Å². The SMILES string of the molecule is CCCCc1nc(C)n(-c2ccccc2)c(=O)c1Cc1ccc(-c2ccccc2-c2noc(=O)[nH]2)cc1F. The molecule has 1 N–H and O–H groups in total. The number of aryl methyl sites for hydroxylation is 2. The number of rotatable bonds is 8. The number of halogens is 1. The first-order chi connectivity index (χ1) is 18.5. The first-order valence-corrected chi connectivity index (χ1v) is 12.6. The van der Waals surface area contributed by atoms with Gasteiger partial charge in [0.15, 0.2) is 5.82 Å². The second-order valence-electron chi connectivity index (χ2n) is 9.14. The molecule has 38 heavy (non-hydrogen) atoms. The minimum Gasteiger partial charge on any atom is -0.296 e. The molecule has 8 heteroatoms. The molecular formula is C30H27FN4O3. The number of unbranched alkanes of at least 4 members (excludes halogenated alkanes) is 1. The predicted molar refractivity (Wildman–Crippen MR) is 144 cm³/mol. The highest BCUT2D eigenvalue weighted by Crippen LogP contribution is 2.31. The summed E-state index contributed by atoms with van der Waals surface area (Å²) in [7, 11) is 0. The number of aromatic nitrogens is 4. The van der Waals surface area contributed by atoms with Crippen LogP contribution in [0.3, 0.4) is 0 Å². The van der Waals surface area contributed by atoms with E-state index >= 15 is 4.39 Å². The Balaban J connectivity index is 1.56. The standard InChI is InChI=1S/C30H27FN4O3/c1-3-4-14-27-25(29(36)35(19(2)32-27)22-10-6-5-7-11-22)17-21-16-15-20(18-26(21)31)23-12-8-9-13-24(23)28-33-30(37)38-34-28/h5-13,15-16,18H,3-4,14,17H2,1-2H3,(H,33,34,37). The van der Waals surface area contributed by atoms with Crippen molar-refractivity contribution in [1.82, 2.24) is 19.7 Å². The number of benzene rings is 3. The van der Waals surface area contributed by atoms with Gasteiger partial charge in [0.2, 0.25) is 0 Å². The lowest BCUT2D eigenvalue weighted by Gasteiger charge is -2.16. The summed E-state index contributed by atoms with van der Waals surface area (Å²) in [5.41, 5.74) is 4.07. The van der Waals surface area contributed by atoms with Crippen molar-refractivity contribution in [3.05, 3.63) is 122 Å².